The second-order valence-electron chi connectivity index (χ2n) is 13.5. The number of ketones is 1. The predicted molar refractivity (Wildman–Crippen MR) is 172 cm³/mol. The number of aromatic nitrogens is 1. The Bertz CT molecular complexity index is 1630. The monoisotopic (exact) mass is 787 g/mol. The zero-order valence-electron chi connectivity index (χ0n) is 26.0. The molecule has 0 saturated carbocycles. The minimum absolute atomic E-state index is 0. The molecule has 0 atom stereocenters. The van der Waals surface area contributed by atoms with E-state index in [0.29, 0.717) is 0 Å². The number of benzene rings is 3. The molecule has 41 heavy (non-hydrogen) atoms. The van der Waals surface area contributed by atoms with E-state index in [2.05, 4.69) is 113 Å². The molecule has 217 valence electrons. The van der Waals surface area contributed by atoms with Gasteiger partial charge in [-0.2, -0.15) is 0 Å². The number of fused-ring (bicyclic) bond motifs is 4. The third-order valence-electron chi connectivity index (χ3n) is 7.68. The van der Waals surface area contributed by atoms with E-state index in [4.69, 9.17) is 10.1 Å². The van der Waals surface area contributed by atoms with Crippen molar-refractivity contribution in [1.82, 2.24) is 4.98 Å². The van der Waals surface area contributed by atoms with E-state index >= 15 is 0 Å². The summed E-state index contributed by atoms with van der Waals surface area (Å²) >= 11 is -1.93. The van der Waals surface area contributed by atoms with Gasteiger partial charge < -0.3 is 5.11 Å². The molecule has 0 spiro atoms. The minimum atomic E-state index is -1.93. The number of allylic oxidation sites excluding steroid dienone is 2. The van der Waals surface area contributed by atoms with Crippen molar-refractivity contribution < 1.29 is 30.0 Å². The molecule has 5 heteroatoms. The number of carbonyl (C=O) groups excluding carboxylic acids is 1. The summed E-state index contributed by atoms with van der Waals surface area (Å²) in [5, 5.41) is 10.8. The van der Waals surface area contributed by atoms with E-state index in [0.717, 1.165) is 16.6 Å². The molecule has 1 aromatic heterocycles. The fourth-order valence-corrected chi connectivity index (χ4v) is 8.13. The van der Waals surface area contributed by atoms with Crippen molar-refractivity contribution in [2.24, 2.45) is 0 Å². The minimum Gasteiger partial charge on any atom is 0 e. The predicted octanol–water partition coefficient (Wildman–Crippen LogP) is 8.89. The Kier molecular flexibility index (Phi) is 9.65. The van der Waals surface area contributed by atoms with E-state index in [1.54, 1.807) is 4.40 Å². The maximum atomic E-state index is 10.0. The second kappa shape index (κ2) is 12.0. The van der Waals surface area contributed by atoms with Crippen LogP contribution in [-0.2, 0) is 35.7 Å². The van der Waals surface area contributed by atoms with Crippen molar-refractivity contribution in [3.63, 3.8) is 0 Å². The van der Waals surface area contributed by atoms with Crippen LogP contribution >= 0.6 is 0 Å². The summed E-state index contributed by atoms with van der Waals surface area (Å²) < 4.78 is 1.57. The van der Waals surface area contributed by atoms with Gasteiger partial charge in [0.1, 0.15) is 0 Å². The van der Waals surface area contributed by atoms with Crippen LogP contribution in [0.1, 0.15) is 65.2 Å². The zero-order valence-corrected chi connectivity index (χ0v) is 30.5. The largest absolute Gasteiger partial charge is 0 e. The van der Waals surface area contributed by atoms with E-state index < -0.39 is 13.3 Å². The first-order valence-electron chi connectivity index (χ1n) is 14.0. The molecule has 0 fully saturated rings. The van der Waals surface area contributed by atoms with Crippen LogP contribution in [0.2, 0.25) is 17.3 Å². The van der Waals surface area contributed by atoms with Gasteiger partial charge in [0.2, 0.25) is 0 Å². The van der Waals surface area contributed by atoms with Crippen LogP contribution in [0.5, 0.6) is 0 Å². The standard InChI is InChI=1S/C31H34GeN.C5H8O2.Ir/c1-30(2,3)26-18-21(17-20-11-9-10-12-23(20)26)29-28-25(15-16-33-29)24-14-13-22(32(6,7)8)19-27(24)31(28,4)5;1-4(6)3-5(2)7;/h9-16,18-19H,1-8H3;3,6H,1-2H3;/q-1;;/b;4-3-;. The normalized spacial score (nSPS) is 14.0. The third-order valence-corrected chi connectivity index (χ3v) is 12.0. The van der Waals surface area contributed by atoms with Gasteiger partial charge in [0.15, 0.2) is 5.78 Å². The van der Waals surface area contributed by atoms with Gasteiger partial charge in [0.05, 0.1) is 5.76 Å². The van der Waals surface area contributed by atoms with Crippen LogP contribution < -0.4 is 4.40 Å². The fourth-order valence-electron chi connectivity index (χ4n) is 5.69. The van der Waals surface area contributed by atoms with Crippen molar-refractivity contribution >= 4 is 34.2 Å². The Morgan fingerprint density at radius 2 is 1.63 bits per heavy atom. The number of pyridine rings is 1. The number of aliphatic hydroxyl groups is 1. The Labute approximate surface area is 262 Å². The first-order valence-corrected chi connectivity index (χ1v) is 21.3. The number of hydrogen-bond acceptors (Lipinski definition) is 3. The van der Waals surface area contributed by atoms with Crippen LogP contribution in [0, 0.1) is 6.07 Å². The molecule has 0 aliphatic heterocycles. The summed E-state index contributed by atoms with van der Waals surface area (Å²) in [5.41, 5.74) is 8.94. The molecule has 0 unspecified atom stereocenters. The average molecular weight is 786 g/mol. The van der Waals surface area contributed by atoms with Crippen molar-refractivity contribution in [2.45, 2.75) is 76.6 Å². The molecular formula is C36H42GeIrNO2-. The maximum absolute atomic E-state index is 10.0. The number of carbonyl (C=O) groups is 1. The van der Waals surface area contributed by atoms with E-state index in [1.165, 1.54) is 53.1 Å². The molecule has 3 nitrogen and oxygen atoms in total. The summed E-state index contributed by atoms with van der Waals surface area (Å²) in [6.45, 7) is 14.5. The third kappa shape index (κ3) is 6.77. The van der Waals surface area contributed by atoms with Crippen LogP contribution in [-0.4, -0.2) is 29.1 Å². The molecular weight excluding hydrogens is 743 g/mol. The Hall–Kier alpha value is -2.53. The molecule has 3 aromatic carbocycles. The van der Waals surface area contributed by atoms with Crippen molar-refractivity contribution in [3.05, 3.63) is 95.4 Å². The van der Waals surface area contributed by atoms with Crippen LogP contribution in [0.4, 0.5) is 0 Å². The summed E-state index contributed by atoms with van der Waals surface area (Å²) in [7, 11) is 0. The van der Waals surface area contributed by atoms with Crippen molar-refractivity contribution in [2.75, 3.05) is 0 Å². The van der Waals surface area contributed by atoms with Gasteiger partial charge in [-0.3, -0.25) is 4.79 Å². The van der Waals surface area contributed by atoms with Gasteiger partial charge in [-0.25, -0.2) is 0 Å². The van der Waals surface area contributed by atoms with E-state index in [9.17, 15) is 4.79 Å². The average Bonchev–Trinajstić information content (AvgIpc) is 3.08. The number of rotatable bonds is 3. The van der Waals surface area contributed by atoms with E-state index in [-0.39, 0.29) is 42.5 Å². The quantitative estimate of drug-likeness (QED) is 0.0978. The summed E-state index contributed by atoms with van der Waals surface area (Å²) in [5.74, 6) is 7.36. The van der Waals surface area contributed by atoms with Gasteiger partial charge in [-0.05, 0) is 13.8 Å². The van der Waals surface area contributed by atoms with Crippen molar-refractivity contribution in [1.29, 1.82) is 0 Å². The number of aliphatic hydroxyl groups excluding tert-OH is 1. The molecule has 1 N–H and O–H groups in total. The number of hydrogen-bond donors (Lipinski definition) is 1. The van der Waals surface area contributed by atoms with E-state index in [1.807, 2.05) is 6.20 Å². The first kappa shape index (κ1) is 33.0. The van der Waals surface area contributed by atoms with Gasteiger partial charge in [-0.15, -0.1) is 0 Å². The molecule has 1 radical (unpaired) electrons. The maximum Gasteiger partial charge on any atom is 0 e. The molecule has 1 heterocycles. The smallest absolute Gasteiger partial charge is 0 e. The van der Waals surface area contributed by atoms with Crippen molar-refractivity contribution in [3.8, 4) is 22.4 Å². The summed E-state index contributed by atoms with van der Waals surface area (Å²) in [6, 6.07) is 24.2. The molecule has 4 aromatic rings. The van der Waals surface area contributed by atoms with Gasteiger partial charge >= 0.3 is 202 Å². The molecule has 0 saturated heterocycles. The Morgan fingerprint density at radius 3 is 2.20 bits per heavy atom. The van der Waals surface area contributed by atoms with Crippen LogP contribution in [0.15, 0.2) is 72.6 Å². The Balaban J connectivity index is 0.000000516. The summed E-state index contributed by atoms with van der Waals surface area (Å²) in [6.07, 6.45) is 3.15. The van der Waals surface area contributed by atoms with Crippen LogP contribution in [0.3, 0.4) is 0 Å². The molecule has 0 bridgehead atoms. The topological polar surface area (TPSA) is 50.2 Å². The number of nitrogens with zero attached hydrogens (tertiary/aromatic N) is 1. The fraction of sp³-hybridized carbons (Fsp3) is 0.333. The zero-order chi connectivity index (χ0) is 29.6. The van der Waals surface area contributed by atoms with Gasteiger partial charge in [0.25, 0.3) is 0 Å². The molecule has 5 rings (SSSR count). The van der Waals surface area contributed by atoms with Gasteiger partial charge in [0, 0.05) is 26.2 Å². The Morgan fingerprint density at radius 1 is 0.976 bits per heavy atom. The van der Waals surface area contributed by atoms with Crippen LogP contribution in [0.25, 0.3) is 33.2 Å². The SMILES string of the molecule is CC(=O)/C=C(/C)O.CC(C)(C)c1cc(-c2nccc3c2C(C)(C)c2c[c]([Ge]([CH3])([CH3])[CH3])ccc2-3)[c-]c2ccccc12.[Ir]. The second-order valence-corrected chi connectivity index (χ2v) is 24.2. The molecule has 1 aliphatic rings. The first-order chi connectivity index (χ1) is 18.5. The molecule has 1 aliphatic carbocycles. The van der Waals surface area contributed by atoms with Gasteiger partial charge in [-0.1, -0.05) is 0 Å². The molecule has 0 amide bonds. The summed E-state index contributed by atoms with van der Waals surface area (Å²) in [4.78, 5) is 15.0.